The predicted octanol–water partition coefficient (Wildman–Crippen LogP) is 2.51. The highest BCUT2D eigenvalue weighted by molar-refractivity contribution is 6.01. The lowest BCUT2D eigenvalue weighted by molar-refractivity contribution is -0.123. The van der Waals surface area contributed by atoms with Gasteiger partial charge in [-0.2, -0.15) is 0 Å². The number of ether oxygens (including phenoxy) is 2. The van der Waals surface area contributed by atoms with Gasteiger partial charge in [0.15, 0.2) is 6.61 Å². The lowest BCUT2D eigenvalue weighted by Gasteiger charge is -2.14. The van der Waals surface area contributed by atoms with Crippen LogP contribution >= 0.6 is 0 Å². The maximum absolute atomic E-state index is 12.6. The summed E-state index contributed by atoms with van der Waals surface area (Å²) < 4.78 is 10.6. The molecule has 0 saturated heterocycles. The Bertz CT molecular complexity index is 759. The molecule has 2 aromatic carbocycles. The zero-order valence-electron chi connectivity index (χ0n) is 15.5. The fraction of sp³-hybridized carbons (Fsp3) is 0.400. The van der Waals surface area contributed by atoms with Crippen LogP contribution in [0.15, 0.2) is 36.4 Å². The molecule has 2 N–H and O–H groups in total. The van der Waals surface area contributed by atoms with Crippen molar-refractivity contribution in [1.29, 1.82) is 0 Å². The number of rotatable bonds is 9. The number of nitrogens with one attached hydrogen (secondary N) is 2. The third-order valence-electron chi connectivity index (χ3n) is 3.71. The van der Waals surface area contributed by atoms with Crippen molar-refractivity contribution in [3.05, 3.63) is 42.0 Å². The van der Waals surface area contributed by atoms with E-state index in [1.807, 2.05) is 38.1 Å². The van der Waals surface area contributed by atoms with E-state index in [0.717, 1.165) is 17.2 Å². The highest BCUT2D eigenvalue weighted by Gasteiger charge is 2.15. The molecule has 0 aliphatic carbocycles. The molecule has 0 atom stereocenters. The molecule has 2 aromatic rings. The van der Waals surface area contributed by atoms with Crippen molar-refractivity contribution in [2.45, 2.75) is 26.3 Å². The molecule has 6 heteroatoms. The van der Waals surface area contributed by atoms with Crippen LogP contribution in [-0.2, 0) is 9.53 Å². The van der Waals surface area contributed by atoms with E-state index in [0.29, 0.717) is 24.5 Å². The molecule has 0 spiro atoms. The van der Waals surface area contributed by atoms with Crippen molar-refractivity contribution in [3.8, 4) is 5.75 Å². The highest BCUT2D eigenvalue weighted by Crippen LogP contribution is 2.26. The zero-order valence-corrected chi connectivity index (χ0v) is 15.5. The Kier molecular flexibility index (Phi) is 7.41. The van der Waals surface area contributed by atoms with Crippen LogP contribution < -0.4 is 15.4 Å². The normalized spacial score (nSPS) is 10.8. The fourth-order valence-corrected chi connectivity index (χ4v) is 2.54. The van der Waals surface area contributed by atoms with Crippen molar-refractivity contribution in [3.63, 3.8) is 0 Å². The van der Waals surface area contributed by atoms with Gasteiger partial charge in [-0.05, 0) is 43.2 Å². The van der Waals surface area contributed by atoms with Gasteiger partial charge in [-0.25, -0.2) is 0 Å². The molecule has 0 unspecified atom stereocenters. The molecule has 0 heterocycles. The Balaban J connectivity index is 2.18. The Morgan fingerprint density at radius 2 is 1.81 bits per heavy atom. The standard InChI is InChI=1S/C20H26N2O4/c1-14(2)22-19(23)13-26-18-12-16-8-5-4-7-15(16)11-17(18)20(24)21-9-6-10-25-3/h4-5,7-8,11-12,14H,6,9-10,13H2,1-3H3,(H,21,24)(H,22,23). The van der Waals surface area contributed by atoms with Crippen molar-refractivity contribution >= 4 is 22.6 Å². The van der Waals surface area contributed by atoms with Gasteiger partial charge in [-0.1, -0.05) is 24.3 Å². The van der Waals surface area contributed by atoms with E-state index in [9.17, 15) is 9.59 Å². The Hall–Kier alpha value is -2.60. The molecule has 0 saturated carbocycles. The van der Waals surface area contributed by atoms with Crippen LogP contribution in [0.2, 0.25) is 0 Å². The number of carbonyl (C=O) groups is 2. The van der Waals surface area contributed by atoms with Crippen molar-refractivity contribution < 1.29 is 19.1 Å². The Morgan fingerprint density at radius 3 is 2.46 bits per heavy atom. The van der Waals surface area contributed by atoms with Crippen molar-refractivity contribution in [1.82, 2.24) is 10.6 Å². The van der Waals surface area contributed by atoms with E-state index in [4.69, 9.17) is 9.47 Å². The van der Waals surface area contributed by atoms with E-state index in [1.165, 1.54) is 0 Å². The van der Waals surface area contributed by atoms with Crippen molar-refractivity contribution in [2.24, 2.45) is 0 Å². The highest BCUT2D eigenvalue weighted by atomic mass is 16.5. The number of carbonyl (C=O) groups excluding carboxylic acids is 2. The van der Waals surface area contributed by atoms with Gasteiger partial charge in [0, 0.05) is 26.3 Å². The van der Waals surface area contributed by atoms with E-state index in [2.05, 4.69) is 10.6 Å². The summed E-state index contributed by atoms with van der Waals surface area (Å²) in [7, 11) is 1.62. The van der Waals surface area contributed by atoms with E-state index >= 15 is 0 Å². The van der Waals surface area contributed by atoms with Gasteiger partial charge in [0.1, 0.15) is 5.75 Å². The van der Waals surface area contributed by atoms with Crippen LogP contribution in [0.4, 0.5) is 0 Å². The smallest absolute Gasteiger partial charge is 0.258 e. The number of fused-ring (bicyclic) bond motifs is 1. The molecule has 0 fully saturated rings. The zero-order chi connectivity index (χ0) is 18.9. The quantitative estimate of drug-likeness (QED) is 0.675. The number of benzene rings is 2. The monoisotopic (exact) mass is 358 g/mol. The molecule has 0 aliphatic heterocycles. The molecular weight excluding hydrogens is 332 g/mol. The summed E-state index contributed by atoms with van der Waals surface area (Å²) in [6.07, 6.45) is 0.725. The van der Waals surface area contributed by atoms with E-state index < -0.39 is 0 Å². The van der Waals surface area contributed by atoms with Crippen LogP contribution in [0.25, 0.3) is 10.8 Å². The third kappa shape index (κ3) is 5.74. The Labute approximate surface area is 153 Å². The molecule has 26 heavy (non-hydrogen) atoms. The van der Waals surface area contributed by atoms with Gasteiger partial charge in [0.25, 0.3) is 11.8 Å². The first kappa shape index (κ1) is 19.7. The summed E-state index contributed by atoms with van der Waals surface area (Å²) in [4.78, 5) is 24.4. The molecule has 6 nitrogen and oxygen atoms in total. The fourth-order valence-electron chi connectivity index (χ4n) is 2.54. The Morgan fingerprint density at radius 1 is 1.12 bits per heavy atom. The minimum Gasteiger partial charge on any atom is -0.483 e. The maximum atomic E-state index is 12.6. The van der Waals surface area contributed by atoms with Crippen molar-refractivity contribution in [2.75, 3.05) is 26.9 Å². The predicted molar refractivity (Wildman–Crippen MR) is 102 cm³/mol. The van der Waals surface area contributed by atoms with E-state index in [1.54, 1.807) is 19.2 Å². The van der Waals surface area contributed by atoms with Gasteiger partial charge in [0.05, 0.1) is 5.56 Å². The number of hydrogen-bond acceptors (Lipinski definition) is 4. The van der Waals surface area contributed by atoms with Gasteiger partial charge in [-0.15, -0.1) is 0 Å². The molecule has 0 aromatic heterocycles. The van der Waals surface area contributed by atoms with Gasteiger partial charge in [0.2, 0.25) is 0 Å². The summed E-state index contributed by atoms with van der Waals surface area (Å²) in [5.74, 6) is -0.0578. The molecular formula is C20H26N2O4. The number of hydrogen-bond donors (Lipinski definition) is 2. The van der Waals surface area contributed by atoms with Gasteiger partial charge in [-0.3, -0.25) is 9.59 Å². The minimum atomic E-state index is -0.230. The molecule has 2 amide bonds. The first-order chi connectivity index (χ1) is 12.5. The lowest BCUT2D eigenvalue weighted by atomic mass is 10.1. The first-order valence-corrected chi connectivity index (χ1v) is 8.73. The van der Waals surface area contributed by atoms with Crippen LogP contribution in [0.1, 0.15) is 30.6 Å². The minimum absolute atomic E-state index is 0.0336. The summed E-state index contributed by atoms with van der Waals surface area (Å²) in [5.41, 5.74) is 0.415. The molecule has 0 aliphatic rings. The molecule has 2 rings (SSSR count). The van der Waals surface area contributed by atoms with Gasteiger partial charge < -0.3 is 20.1 Å². The van der Waals surface area contributed by atoms with Gasteiger partial charge >= 0.3 is 0 Å². The van der Waals surface area contributed by atoms with Crippen LogP contribution in [-0.4, -0.2) is 44.7 Å². The largest absolute Gasteiger partial charge is 0.483 e. The second-order valence-electron chi connectivity index (χ2n) is 6.31. The summed E-state index contributed by atoms with van der Waals surface area (Å²) >= 11 is 0. The molecule has 0 bridgehead atoms. The van der Waals surface area contributed by atoms with Crippen LogP contribution in [0, 0.1) is 0 Å². The summed E-state index contributed by atoms with van der Waals surface area (Å²) in [5, 5.41) is 7.51. The topological polar surface area (TPSA) is 76.7 Å². The second-order valence-corrected chi connectivity index (χ2v) is 6.31. The number of methoxy groups -OCH3 is 1. The third-order valence-corrected chi connectivity index (χ3v) is 3.71. The maximum Gasteiger partial charge on any atom is 0.258 e. The van der Waals surface area contributed by atoms with E-state index in [-0.39, 0.29) is 24.5 Å². The second kappa shape index (κ2) is 9.77. The lowest BCUT2D eigenvalue weighted by Crippen LogP contribution is -2.34. The molecule has 140 valence electrons. The summed E-state index contributed by atoms with van der Waals surface area (Å²) in [6, 6.07) is 11.3. The van der Waals surface area contributed by atoms with Crippen LogP contribution in [0.5, 0.6) is 5.75 Å². The average molecular weight is 358 g/mol. The van der Waals surface area contributed by atoms with Crippen LogP contribution in [0.3, 0.4) is 0 Å². The first-order valence-electron chi connectivity index (χ1n) is 8.73. The summed E-state index contributed by atoms with van der Waals surface area (Å²) in [6.45, 7) is 4.71. The molecule has 0 radical (unpaired) electrons. The average Bonchev–Trinajstić information content (AvgIpc) is 2.62. The SMILES string of the molecule is COCCCNC(=O)c1cc2ccccc2cc1OCC(=O)NC(C)C. The number of amides is 2.